The van der Waals surface area contributed by atoms with Crippen molar-refractivity contribution in [2.75, 3.05) is 4.72 Å². The normalized spacial score (nSPS) is 11.7. The van der Waals surface area contributed by atoms with Crippen molar-refractivity contribution >= 4 is 38.3 Å². The molecule has 3 N–H and O–H groups in total. The lowest BCUT2D eigenvalue weighted by molar-refractivity contribution is 0.601. The molecule has 21 heavy (non-hydrogen) atoms. The maximum Gasteiger partial charge on any atom is 0.323 e. The van der Waals surface area contributed by atoms with Crippen LogP contribution in [0.25, 0.3) is 11.0 Å². The molecule has 3 aromatic rings. The first-order valence-electron chi connectivity index (χ1n) is 5.81. The van der Waals surface area contributed by atoms with Crippen molar-refractivity contribution in [2.24, 2.45) is 0 Å². The molecule has 9 heteroatoms. The van der Waals surface area contributed by atoms with Crippen LogP contribution >= 0.6 is 11.6 Å². The fourth-order valence-corrected chi connectivity index (χ4v) is 3.16. The number of rotatable bonds is 3. The van der Waals surface area contributed by atoms with Gasteiger partial charge in [0.25, 0.3) is 10.0 Å². The third-order valence-corrected chi connectivity index (χ3v) is 4.47. The highest BCUT2D eigenvalue weighted by Gasteiger charge is 2.17. The molecule has 0 bridgehead atoms. The molecule has 0 amide bonds. The van der Waals surface area contributed by atoms with Crippen molar-refractivity contribution in [2.45, 2.75) is 4.90 Å². The lowest BCUT2D eigenvalue weighted by Crippen LogP contribution is -2.13. The highest BCUT2D eigenvalue weighted by atomic mass is 35.5. The van der Waals surface area contributed by atoms with Crippen LogP contribution in [0.4, 0.5) is 5.69 Å². The van der Waals surface area contributed by atoms with Gasteiger partial charge >= 0.3 is 5.69 Å². The Morgan fingerprint density at radius 2 is 1.90 bits per heavy atom. The number of nitrogens with one attached hydrogen (secondary N) is 3. The van der Waals surface area contributed by atoms with Crippen LogP contribution in [-0.4, -0.2) is 23.4 Å². The first-order valence-corrected chi connectivity index (χ1v) is 7.67. The van der Waals surface area contributed by atoms with E-state index in [2.05, 4.69) is 19.7 Å². The van der Waals surface area contributed by atoms with Gasteiger partial charge in [0.1, 0.15) is 0 Å². The molecule has 0 saturated heterocycles. The van der Waals surface area contributed by atoms with Crippen LogP contribution in [0.15, 0.2) is 46.2 Å². The van der Waals surface area contributed by atoms with Crippen LogP contribution in [0.3, 0.4) is 0 Å². The first-order chi connectivity index (χ1) is 9.95. The summed E-state index contributed by atoms with van der Waals surface area (Å²) >= 11 is 5.83. The van der Waals surface area contributed by atoms with Crippen molar-refractivity contribution in [1.82, 2.24) is 15.0 Å². The largest absolute Gasteiger partial charge is 0.323 e. The van der Waals surface area contributed by atoms with E-state index >= 15 is 0 Å². The van der Waals surface area contributed by atoms with E-state index in [1.807, 2.05) is 0 Å². The summed E-state index contributed by atoms with van der Waals surface area (Å²) in [6.45, 7) is 0. The molecule has 0 saturated carbocycles. The molecule has 2 heterocycles. The smallest absolute Gasteiger partial charge is 0.306 e. The van der Waals surface area contributed by atoms with E-state index in [0.717, 1.165) is 0 Å². The molecule has 0 aliphatic heterocycles. The fraction of sp³-hybridized carbons (Fsp3) is 0. The molecular weight excluding hydrogens is 316 g/mol. The number of sulfonamides is 1. The van der Waals surface area contributed by atoms with Crippen LogP contribution in [0, 0.1) is 0 Å². The van der Waals surface area contributed by atoms with Crippen molar-refractivity contribution in [3.8, 4) is 0 Å². The van der Waals surface area contributed by atoms with Crippen LogP contribution in [0.5, 0.6) is 0 Å². The molecule has 0 radical (unpaired) electrons. The van der Waals surface area contributed by atoms with Crippen molar-refractivity contribution < 1.29 is 8.42 Å². The summed E-state index contributed by atoms with van der Waals surface area (Å²) in [6.07, 6.45) is 1.46. The summed E-state index contributed by atoms with van der Waals surface area (Å²) in [6, 6.07) is 7.32. The number of anilines is 1. The number of nitrogens with zero attached hydrogens (tertiary/aromatic N) is 1. The number of H-pyrrole nitrogens is 2. The quantitative estimate of drug-likeness (QED) is 0.637. The molecule has 7 nitrogen and oxygen atoms in total. The van der Waals surface area contributed by atoms with Crippen LogP contribution in [0.2, 0.25) is 5.15 Å². The summed E-state index contributed by atoms with van der Waals surface area (Å²) < 4.78 is 27.0. The number of aromatic amines is 2. The van der Waals surface area contributed by atoms with Gasteiger partial charge in [0.05, 0.1) is 21.6 Å². The predicted molar refractivity (Wildman–Crippen MR) is 79.0 cm³/mol. The Morgan fingerprint density at radius 1 is 1.14 bits per heavy atom. The molecule has 0 atom stereocenters. The van der Waals surface area contributed by atoms with Gasteiger partial charge in [-0.1, -0.05) is 11.6 Å². The number of imidazole rings is 1. The van der Waals surface area contributed by atoms with Gasteiger partial charge < -0.3 is 9.97 Å². The van der Waals surface area contributed by atoms with Crippen LogP contribution in [-0.2, 0) is 10.0 Å². The van der Waals surface area contributed by atoms with Gasteiger partial charge in [-0.15, -0.1) is 0 Å². The number of hydrogen-bond acceptors (Lipinski definition) is 4. The molecule has 0 spiro atoms. The summed E-state index contributed by atoms with van der Waals surface area (Å²) in [5.41, 5.74) is 0.711. The van der Waals surface area contributed by atoms with Crippen LogP contribution in [0.1, 0.15) is 0 Å². The fourth-order valence-electron chi connectivity index (χ4n) is 1.84. The molecule has 1 aromatic carbocycles. The Morgan fingerprint density at radius 3 is 2.67 bits per heavy atom. The molecule has 108 valence electrons. The summed E-state index contributed by atoms with van der Waals surface area (Å²) in [5, 5.41) is 0.0530. The minimum absolute atomic E-state index is 0.00479. The first kappa shape index (κ1) is 13.7. The van der Waals surface area contributed by atoms with E-state index in [1.54, 1.807) is 6.07 Å². The average Bonchev–Trinajstić information content (AvgIpc) is 2.80. The van der Waals surface area contributed by atoms with Crippen molar-refractivity contribution in [3.05, 3.63) is 52.2 Å². The molecule has 0 fully saturated rings. The van der Waals surface area contributed by atoms with Crippen molar-refractivity contribution in [3.63, 3.8) is 0 Å². The Bertz CT molecular complexity index is 977. The summed E-state index contributed by atoms with van der Waals surface area (Å²) in [4.78, 5) is 20.0. The van der Waals surface area contributed by atoms with Gasteiger partial charge in [0, 0.05) is 6.20 Å². The van der Waals surface area contributed by atoms with Gasteiger partial charge in [0.2, 0.25) is 0 Å². The molecule has 0 aliphatic carbocycles. The number of aromatic nitrogens is 3. The summed E-state index contributed by atoms with van der Waals surface area (Å²) in [5.74, 6) is 0. The third kappa shape index (κ3) is 2.63. The Balaban J connectivity index is 2.03. The van der Waals surface area contributed by atoms with E-state index in [-0.39, 0.29) is 15.7 Å². The minimum Gasteiger partial charge on any atom is -0.306 e. The lowest BCUT2D eigenvalue weighted by Gasteiger charge is -2.08. The number of halogens is 1. The monoisotopic (exact) mass is 324 g/mol. The summed E-state index contributed by atoms with van der Waals surface area (Å²) in [7, 11) is -3.83. The molecule has 2 aromatic heterocycles. The standard InChI is InChI=1S/C12H9ClN4O3S/c13-11-9(2-1-5-14-11)17-21(19,20)7-3-4-8-10(6-7)16-12(18)15-8/h1-6,17H,(H2,15,16,18). The third-order valence-electron chi connectivity index (χ3n) is 2.80. The Hall–Kier alpha value is -2.32. The lowest BCUT2D eigenvalue weighted by atomic mass is 10.3. The minimum atomic E-state index is -3.83. The number of pyridine rings is 1. The zero-order valence-electron chi connectivity index (χ0n) is 10.4. The highest BCUT2D eigenvalue weighted by Crippen LogP contribution is 2.23. The maximum atomic E-state index is 12.3. The van der Waals surface area contributed by atoms with Crippen LogP contribution < -0.4 is 10.4 Å². The second-order valence-corrected chi connectivity index (χ2v) is 6.27. The number of fused-ring (bicyclic) bond motifs is 1. The predicted octanol–water partition coefficient (Wildman–Crippen LogP) is 1.71. The van der Waals surface area contributed by atoms with E-state index in [1.165, 1.54) is 30.5 Å². The number of benzene rings is 1. The zero-order chi connectivity index (χ0) is 15.0. The Labute approximate surface area is 124 Å². The van der Waals surface area contributed by atoms with E-state index in [0.29, 0.717) is 11.0 Å². The average molecular weight is 325 g/mol. The SMILES string of the molecule is O=c1[nH]c2ccc(S(=O)(=O)Nc3cccnc3Cl)cc2[nH]1. The van der Waals surface area contributed by atoms with E-state index in [4.69, 9.17) is 11.6 Å². The van der Waals surface area contributed by atoms with Gasteiger partial charge in [0.15, 0.2) is 5.15 Å². The van der Waals surface area contributed by atoms with Gasteiger partial charge in [-0.3, -0.25) is 4.72 Å². The molecular formula is C12H9ClN4O3S. The molecule has 3 rings (SSSR count). The van der Waals surface area contributed by atoms with Crippen molar-refractivity contribution in [1.29, 1.82) is 0 Å². The van der Waals surface area contributed by atoms with Gasteiger partial charge in [-0.25, -0.2) is 18.2 Å². The van der Waals surface area contributed by atoms with E-state index < -0.39 is 15.7 Å². The molecule has 0 aliphatic rings. The maximum absolute atomic E-state index is 12.3. The topological polar surface area (TPSA) is 108 Å². The van der Waals surface area contributed by atoms with Gasteiger partial charge in [-0.2, -0.15) is 0 Å². The number of hydrogen-bond donors (Lipinski definition) is 3. The zero-order valence-corrected chi connectivity index (χ0v) is 12.0. The highest BCUT2D eigenvalue weighted by molar-refractivity contribution is 7.92. The van der Waals surface area contributed by atoms with E-state index in [9.17, 15) is 13.2 Å². The molecule has 0 unspecified atom stereocenters. The van der Waals surface area contributed by atoms with Gasteiger partial charge in [-0.05, 0) is 30.3 Å². The Kier molecular flexibility index (Phi) is 3.19. The second-order valence-electron chi connectivity index (χ2n) is 4.23. The second kappa shape index (κ2) is 4.90.